The molecule has 1 aromatic heterocycles. The van der Waals surface area contributed by atoms with Gasteiger partial charge in [-0.25, -0.2) is 0 Å². The van der Waals surface area contributed by atoms with Crippen LogP contribution in [0.4, 0.5) is 5.69 Å². The first-order chi connectivity index (χ1) is 12.1. The monoisotopic (exact) mass is 363 g/mol. The maximum Gasteiger partial charge on any atom is 0.270 e. The summed E-state index contributed by atoms with van der Waals surface area (Å²) in [6, 6.07) is 3.80. The average molecular weight is 364 g/mol. The van der Waals surface area contributed by atoms with Gasteiger partial charge in [-0.15, -0.1) is 10.2 Å². The average Bonchev–Trinajstić information content (AvgIpc) is 2.82. The van der Waals surface area contributed by atoms with E-state index in [9.17, 15) is 14.9 Å². The molecule has 2 aromatic rings. The van der Waals surface area contributed by atoms with Gasteiger partial charge in [0.2, 0.25) is 0 Å². The number of nitrogens with one attached hydrogen (secondary N) is 1. The van der Waals surface area contributed by atoms with Gasteiger partial charge in [0.25, 0.3) is 11.6 Å². The third kappa shape index (κ3) is 3.96. The number of amides is 1. The Hall–Kier alpha value is -2.48. The lowest BCUT2D eigenvalue weighted by atomic mass is 10.2. The second-order valence-corrected chi connectivity index (χ2v) is 6.33. The van der Waals surface area contributed by atoms with Crippen LogP contribution in [0.2, 0.25) is 5.02 Å². The summed E-state index contributed by atoms with van der Waals surface area (Å²) in [7, 11) is 0. The molecule has 0 saturated heterocycles. The van der Waals surface area contributed by atoms with E-state index in [-0.39, 0.29) is 16.3 Å². The molecule has 0 radical (unpaired) electrons. The highest BCUT2D eigenvalue weighted by molar-refractivity contribution is 6.33. The Morgan fingerprint density at radius 1 is 1.32 bits per heavy atom. The zero-order valence-electron chi connectivity index (χ0n) is 13.6. The van der Waals surface area contributed by atoms with Crippen LogP contribution >= 0.6 is 11.6 Å². The zero-order valence-corrected chi connectivity index (χ0v) is 14.3. The van der Waals surface area contributed by atoms with Crippen molar-refractivity contribution >= 4 is 23.2 Å². The Morgan fingerprint density at radius 2 is 2.16 bits per heavy atom. The van der Waals surface area contributed by atoms with Gasteiger partial charge in [-0.3, -0.25) is 14.9 Å². The van der Waals surface area contributed by atoms with E-state index in [1.54, 1.807) is 0 Å². The van der Waals surface area contributed by atoms with Gasteiger partial charge >= 0.3 is 0 Å². The fourth-order valence-corrected chi connectivity index (χ4v) is 3.12. The number of hydrogen-bond acceptors (Lipinski definition) is 5. The number of nitro benzene ring substituents is 1. The third-order valence-electron chi connectivity index (χ3n) is 4.23. The first-order valence-electron chi connectivity index (χ1n) is 8.19. The van der Waals surface area contributed by atoms with E-state index in [4.69, 9.17) is 11.6 Å². The highest BCUT2D eigenvalue weighted by atomic mass is 35.5. The summed E-state index contributed by atoms with van der Waals surface area (Å²) in [5, 5.41) is 22.2. The van der Waals surface area contributed by atoms with Crippen LogP contribution in [-0.4, -0.2) is 32.1 Å². The van der Waals surface area contributed by atoms with E-state index in [0.717, 1.165) is 37.5 Å². The van der Waals surface area contributed by atoms with Crippen molar-refractivity contribution in [2.45, 2.75) is 38.6 Å². The van der Waals surface area contributed by atoms with Crippen molar-refractivity contribution in [3.05, 3.63) is 50.5 Å². The molecule has 0 saturated carbocycles. The fraction of sp³-hybridized carbons (Fsp3) is 0.438. The molecule has 0 atom stereocenters. The molecule has 0 spiro atoms. The minimum Gasteiger partial charge on any atom is -0.352 e. The Bertz CT molecular complexity index is 805. The molecule has 1 N–H and O–H groups in total. The first kappa shape index (κ1) is 17.3. The highest BCUT2D eigenvalue weighted by Gasteiger charge is 2.17. The second-order valence-electron chi connectivity index (χ2n) is 5.92. The van der Waals surface area contributed by atoms with Crippen molar-refractivity contribution in [3.63, 3.8) is 0 Å². The number of nitro groups is 1. The van der Waals surface area contributed by atoms with Crippen molar-refractivity contribution in [2.24, 2.45) is 0 Å². The molecule has 2 heterocycles. The quantitative estimate of drug-likeness (QED) is 0.649. The van der Waals surface area contributed by atoms with Crippen LogP contribution in [0.15, 0.2) is 18.2 Å². The number of non-ortho nitro benzene ring substituents is 1. The standard InChI is InChI=1S/C16H18ClN5O3/c17-13-6-5-11(22(24)25)10-12(13)16(23)18-8-7-15-20-19-14-4-2-1-3-9-21(14)15/h5-6,10H,1-4,7-9H2,(H,18,23). The molecule has 3 rings (SSSR count). The van der Waals surface area contributed by atoms with E-state index in [0.29, 0.717) is 13.0 Å². The van der Waals surface area contributed by atoms with E-state index < -0.39 is 10.8 Å². The molecule has 1 aliphatic heterocycles. The van der Waals surface area contributed by atoms with Crippen LogP contribution in [0.25, 0.3) is 0 Å². The minimum absolute atomic E-state index is 0.0935. The van der Waals surface area contributed by atoms with Gasteiger partial charge in [0.05, 0.1) is 15.5 Å². The zero-order chi connectivity index (χ0) is 17.8. The Balaban J connectivity index is 1.63. The van der Waals surface area contributed by atoms with Crippen molar-refractivity contribution in [1.29, 1.82) is 0 Å². The summed E-state index contributed by atoms with van der Waals surface area (Å²) < 4.78 is 2.12. The normalized spacial score (nSPS) is 13.8. The molecule has 0 fully saturated rings. The largest absolute Gasteiger partial charge is 0.352 e. The molecule has 0 unspecified atom stereocenters. The summed E-state index contributed by atoms with van der Waals surface area (Å²) in [6.45, 7) is 1.26. The van der Waals surface area contributed by atoms with Gasteiger partial charge in [0.1, 0.15) is 11.6 Å². The van der Waals surface area contributed by atoms with E-state index >= 15 is 0 Å². The lowest BCUT2D eigenvalue weighted by Gasteiger charge is -2.08. The van der Waals surface area contributed by atoms with Gasteiger partial charge in [-0.05, 0) is 18.9 Å². The summed E-state index contributed by atoms with van der Waals surface area (Å²) in [5.41, 5.74) is -0.0757. The molecule has 1 amide bonds. The smallest absolute Gasteiger partial charge is 0.270 e. The molecule has 25 heavy (non-hydrogen) atoms. The Morgan fingerprint density at radius 3 is 2.96 bits per heavy atom. The van der Waals surface area contributed by atoms with Crippen molar-refractivity contribution in [1.82, 2.24) is 20.1 Å². The van der Waals surface area contributed by atoms with Crippen LogP contribution in [0.3, 0.4) is 0 Å². The van der Waals surface area contributed by atoms with Crippen molar-refractivity contribution in [3.8, 4) is 0 Å². The minimum atomic E-state index is -0.557. The van der Waals surface area contributed by atoms with Crippen LogP contribution in [-0.2, 0) is 19.4 Å². The predicted molar refractivity (Wildman–Crippen MR) is 91.7 cm³/mol. The summed E-state index contributed by atoms with van der Waals surface area (Å²) >= 11 is 5.98. The number of hydrogen-bond donors (Lipinski definition) is 1. The molecular formula is C16H18ClN5O3. The molecule has 1 aromatic carbocycles. The van der Waals surface area contributed by atoms with Crippen molar-refractivity contribution < 1.29 is 9.72 Å². The number of nitrogens with zero attached hydrogens (tertiary/aromatic N) is 4. The number of rotatable bonds is 5. The molecule has 9 heteroatoms. The number of benzene rings is 1. The molecule has 132 valence electrons. The molecule has 0 aliphatic carbocycles. The fourth-order valence-electron chi connectivity index (χ4n) is 2.91. The number of fused-ring (bicyclic) bond motifs is 1. The van der Waals surface area contributed by atoms with E-state index in [1.165, 1.54) is 24.6 Å². The highest BCUT2D eigenvalue weighted by Crippen LogP contribution is 2.22. The number of halogens is 1. The predicted octanol–water partition coefficient (Wildman–Crippen LogP) is 2.54. The number of aromatic nitrogens is 3. The molecular weight excluding hydrogens is 346 g/mol. The van der Waals surface area contributed by atoms with Crippen LogP contribution in [0.5, 0.6) is 0 Å². The molecule has 0 bridgehead atoms. The lowest BCUT2D eigenvalue weighted by Crippen LogP contribution is -2.27. The number of carbonyl (C=O) groups excluding carboxylic acids is 1. The number of aryl methyl sites for hydroxylation is 1. The summed E-state index contributed by atoms with van der Waals surface area (Å²) in [5.74, 6) is 1.41. The maximum absolute atomic E-state index is 12.3. The topological polar surface area (TPSA) is 103 Å². The first-order valence-corrected chi connectivity index (χ1v) is 8.57. The van der Waals surface area contributed by atoms with Gasteiger partial charge < -0.3 is 9.88 Å². The van der Waals surface area contributed by atoms with Crippen LogP contribution in [0.1, 0.15) is 41.3 Å². The molecule has 8 nitrogen and oxygen atoms in total. The summed E-state index contributed by atoms with van der Waals surface area (Å²) in [6.07, 6.45) is 4.90. The lowest BCUT2D eigenvalue weighted by molar-refractivity contribution is -0.384. The Labute approximate surface area is 149 Å². The van der Waals surface area contributed by atoms with Gasteiger partial charge in [-0.2, -0.15) is 0 Å². The van der Waals surface area contributed by atoms with E-state index in [2.05, 4.69) is 20.1 Å². The van der Waals surface area contributed by atoms with Crippen LogP contribution in [0, 0.1) is 10.1 Å². The Kier molecular flexibility index (Phi) is 5.28. The summed E-state index contributed by atoms with van der Waals surface area (Å²) in [4.78, 5) is 22.5. The van der Waals surface area contributed by atoms with Crippen LogP contribution < -0.4 is 5.32 Å². The van der Waals surface area contributed by atoms with Gasteiger partial charge in [-0.1, -0.05) is 18.0 Å². The van der Waals surface area contributed by atoms with Crippen molar-refractivity contribution in [2.75, 3.05) is 6.54 Å². The van der Waals surface area contributed by atoms with Gasteiger partial charge in [0, 0.05) is 38.1 Å². The maximum atomic E-state index is 12.3. The third-order valence-corrected chi connectivity index (χ3v) is 4.56. The number of carbonyl (C=O) groups is 1. The van der Waals surface area contributed by atoms with Gasteiger partial charge in [0.15, 0.2) is 0 Å². The molecule has 1 aliphatic rings. The SMILES string of the molecule is O=C(NCCc1nnc2n1CCCCC2)c1cc([N+](=O)[O-])ccc1Cl. The second kappa shape index (κ2) is 7.60. The van der Waals surface area contributed by atoms with E-state index in [1.807, 2.05) is 0 Å².